The van der Waals surface area contributed by atoms with Gasteiger partial charge in [0.15, 0.2) is 0 Å². The molecule has 16 aliphatic carbocycles. The highest BCUT2D eigenvalue weighted by molar-refractivity contribution is 5.75. The Morgan fingerprint density at radius 1 is 0.291 bits per heavy atom. The molecule has 8 heteroatoms. The molecule has 28 atom stereocenters. The van der Waals surface area contributed by atoms with Crippen molar-refractivity contribution >= 4 is 22.3 Å². The maximum absolute atomic E-state index is 11.0. The number of hydrogen-bond acceptors (Lipinski definition) is 8. The highest BCUT2D eigenvalue weighted by Crippen LogP contribution is 2.74. The lowest BCUT2D eigenvalue weighted by Crippen LogP contribution is -2.55. The molecular formula is C102H144N4O4. The van der Waals surface area contributed by atoms with Crippen molar-refractivity contribution in [3.63, 3.8) is 0 Å². The molecule has 0 aromatic carbocycles. The fourth-order valence-electron chi connectivity index (χ4n) is 32.3. The second-order valence-corrected chi connectivity index (χ2v) is 43.8. The van der Waals surface area contributed by atoms with Crippen molar-refractivity contribution in [3.8, 4) is 0 Å². The lowest BCUT2D eigenvalue weighted by atomic mass is 9.43. The van der Waals surface area contributed by atoms with E-state index >= 15 is 0 Å². The lowest BCUT2D eigenvalue weighted by Gasteiger charge is -2.62. The number of pyridine rings is 4. The van der Waals surface area contributed by atoms with E-state index in [2.05, 4.69) is 201 Å². The first-order valence-corrected chi connectivity index (χ1v) is 45.8. The molecule has 4 heterocycles. The van der Waals surface area contributed by atoms with E-state index < -0.39 is 11.2 Å². The Hall–Kier alpha value is -4.60. The molecule has 4 aromatic rings. The van der Waals surface area contributed by atoms with E-state index in [0.717, 1.165) is 159 Å². The maximum atomic E-state index is 11.0. The summed E-state index contributed by atoms with van der Waals surface area (Å²) in [6.07, 6.45) is 67.4. The monoisotopic (exact) mass is 1490 g/mol. The summed E-state index contributed by atoms with van der Waals surface area (Å²) in [5.74, 6) is 12.9. The van der Waals surface area contributed by atoms with Gasteiger partial charge in [-0.25, -0.2) is 0 Å². The number of rotatable bonds is 6. The molecule has 0 amide bonds. The van der Waals surface area contributed by atoms with Crippen molar-refractivity contribution in [2.45, 2.75) is 324 Å². The molecule has 0 aliphatic heterocycles. The van der Waals surface area contributed by atoms with Crippen LogP contribution in [0.4, 0.5) is 0 Å². The Bertz CT molecular complexity index is 3830. The molecule has 596 valence electrons. The van der Waals surface area contributed by atoms with Crippen LogP contribution in [-0.2, 0) is 0 Å². The summed E-state index contributed by atoms with van der Waals surface area (Å²) in [6, 6.07) is 17.3. The average molecular weight is 1490 g/mol. The van der Waals surface area contributed by atoms with E-state index in [1.54, 1.807) is 22.3 Å². The summed E-state index contributed by atoms with van der Waals surface area (Å²) in [5, 5.41) is 43.3. The lowest BCUT2D eigenvalue weighted by molar-refractivity contribution is -0.144. The van der Waals surface area contributed by atoms with Gasteiger partial charge in [-0.05, 0) is 439 Å². The van der Waals surface area contributed by atoms with Gasteiger partial charge in [-0.15, -0.1) is 0 Å². The minimum absolute atomic E-state index is 0.326. The van der Waals surface area contributed by atoms with Crippen LogP contribution in [0.5, 0.6) is 0 Å². The first kappa shape index (κ1) is 77.9. The molecule has 0 spiro atoms. The van der Waals surface area contributed by atoms with Gasteiger partial charge in [0.1, 0.15) is 0 Å². The third-order valence-electron chi connectivity index (χ3n) is 39.1. The van der Waals surface area contributed by atoms with Gasteiger partial charge in [-0.1, -0.05) is 118 Å². The maximum Gasteiger partial charge on any atom is 0.0648 e. The molecule has 4 N–H and O–H groups in total. The molecule has 4 unspecified atom stereocenters. The van der Waals surface area contributed by atoms with Crippen LogP contribution in [0.15, 0.2) is 122 Å². The topological polar surface area (TPSA) is 132 Å². The van der Waals surface area contributed by atoms with Crippen LogP contribution in [-0.4, -0.2) is 62.8 Å². The van der Waals surface area contributed by atoms with Crippen molar-refractivity contribution in [1.82, 2.24) is 19.9 Å². The molecular weight excluding hydrogens is 1350 g/mol. The predicted molar refractivity (Wildman–Crippen MR) is 449 cm³/mol. The molecule has 0 saturated heterocycles. The SMILES string of the molecule is CC[C@@]1(O)CC[C@@]2(C)C(CC[C@@H]3[C@@H]2CC[C@]2(C)C(c4cccnc4)=CC[C@@H]32)C1.CC[C@]1(O)CC[C@@]2(C)C(CC[C@@H]3[C@@H]2CC[C@]2(C)C(c4cccnc4)=CC[C@@H]32)C1.C[C@@]1(O)CC[C@@]2(C)C(CC[C@@H]3[C@@H]2CC[C@]2(C)C(c4cccnc4)=CC[C@@H]32)C1.C[C@]1(O)CC[C@@]2(C)C(CC[C@@H]3[C@@H]2CC[C@]2(C)C(c4cccnc4)=CC[C@@H]32)C1. The molecule has 110 heavy (non-hydrogen) atoms. The van der Waals surface area contributed by atoms with Gasteiger partial charge in [-0.3, -0.25) is 19.9 Å². The standard InChI is InChI=1S/2C26H37NO.2C25H35NO/c2*1-4-26(28)14-13-24(2)19(16-26)7-8-20-22-10-9-21(18-6-5-15-27-17-18)25(22,3)12-11-23(20)24;2*1-23(27)12-13-24(2)18(15-23)6-7-19-21-9-8-20(17-5-4-14-26-16-17)25(21,3)11-10-22(19)24/h2*5-6,9,15,17,19-20,22-23,28H,4,7-8,10-14,16H2,1-3H3;2*4-5,8,14,16,18-19,21-22,27H,6-7,9-13,15H2,1-3H3/t19?,20-,22-,23-,24-,25+,26+;19?,20-,22-,23-,24-,25+,26-;18?,19-,21-,22-,23+,24-,25+;18?,19-,21-,22-,23-,24-,25+/m0000/s1. The van der Waals surface area contributed by atoms with Gasteiger partial charge in [0.05, 0.1) is 22.4 Å². The van der Waals surface area contributed by atoms with Gasteiger partial charge in [0, 0.05) is 49.6 Å². The largest absolute Gasteiger partial charge is 0.390 e. The first-order chi connectivity index (χ1) is 52.5. The Balaban J connectivity index is 0.000000107. The van der Waals surface area contributed by atoms with Crippen molar-refractivity contribution in [2.75, 3.05) is 0 Å². The zero-order valence-corrected chi connectivity index (χ0v) is 70.4. The van der Waals surface area contributed by atoms with E-state index in [-0.39, 0.29) is 11.2 Å². The van der Waals surface area contributed by atoms with E-state index in [1.165, 1.54) is 176 Å². The number of aliphatic hydroxyl groups is 4. The number of nitrogens with zero attached hydrogens (tertiary/aromatic N) is 4. The van der Waals surface area contributed by atoms with Crippen LogP contribution >= 0.6 is 0 Å². The fraction of sp³-hybridized carbons (Fsp3) is 0.725. The zero-order valence-electron chi connectivity index (χ0n) is 70.4. The van der Waals surface area contributed by atoms with Crippen LogP contribution < -0.4 is 0 Å². The second-order valence-electron chi connectivity index (χ2n) is 43.8. The molecule has 4 aromatic heterocycles. The van der Waals surface area contributed by atoms with Crippen LogP contribution in [0.2, 0.25) is 0 Å². The Morgan fingerprint density at radius 3 is 0.773 bits per heavy atom. The van der Waals surface area contributed by atoms with Crippen molar-refractivity contribution in [1.29, 1.82) is 0 Å². The molecule has 12 fully saturated rings. The summed E-state index contributed by atoms with van der Waals surface area (Å²) in [5.41, 5.74) is 13.1. The normalized spacial score (nSPS) is 48.3. The van der Waals surface area contributed by atoms with E-state index in [4.69, 9.17) is 0 Å². The van der Waals surface area contributed by atoms with Crippen LogP contribution in [0.3, 0.4) is 0 Å². The van der Waals surface area contributed by atoms with Crippen molar-refractivity contribution < 1.29 is 20.4 Å². The molecule has 8 nitrogen and oxygen atoms in total. The van der Waals surface area contributed by atoms with Gasteiger partial charge in [-0.2, -0.15) is 0 Å². The third-order valence-corrected chi connectivity index (χ3v) is 39.1. The number of fused-ring (bicyclic) bond motifs is 20. The second kappa shape index (κ2) is 28.6. The van der Waals surface area contributed by atoms with E-state index in [9.17, 15) is 20.4 Å². The summed E-state index contributed by atoms with van der Waals surface area (Å²) in [4.78, 5) is 17.6. The average Bonchev–Trinajstić information content (AvgIpc) is 1.36. The van der Waals surface area contributed by atoms with E-state index in [1.807, 2.05) is 24.8 Å². The highest BCUT2D eigenvalue weighted by atomic mass is 16.3. The summed E-state index contributed by atoms with van der Waals surface area (Å²) in [7, 11) is 0. The molecule has 16 aliphatic rings. The van der Waals surface area contributed by atoms with Gasteiger partial charge < -0.3 is 20.4 Å². The van der Waals surface area contributed by atoms with Crippen LogP contribution in [0, 0.1) is 138 Å². The predicted octanol–water partition coefficient (Wildman–Crippen LogP) is 24.3. The summed E-state index contributed by atoms with van der Waals surface area (Å²) in [6.45, 7) is 29.0. The Labute approximate surface area is 665 Å². The molecule has 20 rings (SSSR count). The highest BCUT2D eigenvalue weighted by Gasteiger charge is 2.65. The number of aromatic nitrogens is 4. The van der Waals surface area contributed by atoms with Crippen molar-refractivity contribution in [3.05, 3.63) is 145 Å². The minimum atomic E-state index is -0.428. The molecule has 0 radical (unpaired) electrons. The Morgan fingerprint density at radius 2 is 0.536 bits per heavy atom. The Kier molecular flexibility index (Phi) is 20.3. The van der Waals surface area contributed by atoms with Crippen LogP contribution in [0.25, 0.3) is 22.3 Å². The minimum Gasteiger partial charge on any atom is -0.390 e. The van der Waals surface area contributed by atoms with Crippen LogP contribution in [0.1, 0.15) is 324 Å². The fourth-order valence-corrected chi connectivity index (χ4v) is 32.3. The summed E-state index contributed by atoms with van der Waals surface area (Å²) >= 11 is 0. The number of allylic oxidation sites excluding steroid dienone is 8. The third kappa shape index (κ3) is 12.9. The molecule has 0 bridgehead atoms. The van der Waals surface area contributed by atoms with Gasteiger partial charge in [0.2, 0.25) is 0 Å². The smallest absolute Gasteiger partial charge is 0.0648 e. The van der Waals surface area contributed by atoms with Gasteiger partial charge >= 0.3 is 0 Å². The molecule has 12 saturated carbocycles. The first-order valence-electron chi connectivity index (χ1n) is 45.8. The summed E-state index contributed by atoms with van der Waals surface area (Å²) < 4.78 is 0. The van der Waals surface area contributed by atoms with Gasteiger partial charge in [0.25, 0.3) is 0 Å². The quantitative estimate of drug-likeness (QED) is 0.150. The van der Waals surface area contributed by atoms with Crippen molar-refractivity contribution in [2.24, 2.45) is 138 Å². The zero-order chi connectivity index (χ0) is 76.9. The number of hydrogen-bond donors (Lipinski definition) is 4. The van der Waals surface area contributed by atoms with E-state index in [0.29, 0.717) is 43.3 Å².